The second-order valence-electron chi connectivity index (χ2n) is 5.79. The van der Waals surface area contributed by atoms with Crippen LogP contribution in [0.15, 0.2) is 18.5 Å². The van der Waals surface area contributed by atoms with Gasteiger partial charge in [-0.2, -0.15) is 0 Å². The van der Waals surface area contributed by atoms with Gasteiger partial charge in [0.15, 0.2) is 0 Å². The van der Waals surface area contributed by atoms with Gasteiger partial charge in [-0.25, -0.2) is 0 Å². The Hall–Kier alpha value is -1.58. The van der Waals surface area contributed by atoms with Crippen molar-refractivity contribution >= 4 is 11.6 Å². The summed E-state index contributed by atoms with van der Waals surface area (Å²) in [6, 6.07) is 2.06. The maximum atomic E-state index is 12.8. The molecule has 4 nitrogen and oxygen atoms in total. The van der Waals surface area contributed by atoms with Gasteiger partial charge in [0.25, 0.3) is 5.91 Å². The van der Waals surface area contributed by atoms with Gasteiger partial charge in [-0.15, -0.1) is 0 Å². The summed E-state index contributed by atoms with van der Waals surface area (Å²) in [5.41, 5.74) is 1.54. The highest BCUT2D eigenvalue weighted by molar-refractivity contribution is 5.99. The van der Waals surface area contributed by atoms with E-state index in [1.54, 1.807) is 12.4 Å². The van der Waals surface area contributed by atoms with Crippen molar-refractivity contribution in [1.82, 2.24) is 9.88 Å². The van der Waals surface area contributed by atoms with Crippen LogP contribution in [0.2, 0.25) is 0 Å². The van der Waals surface area contributed by atoms with Crippen LogP contribution in [0, 0.1) is 5.92 Å². The van der Waals surface area contributed by atoms with Gasteiger partial charge >= 0.3 is 0 Å². The van der Waals surface area contributed by atoms with E-state index in [0.29, 0.717) is 11.5 Å². The zero-order chi connectivity index (χ0) is 15.1. The molecule has 1 aromatic rings. The second-order valence-corrected chi connectivity index (χ2v) is 5.79. The molecule has 1 N–H and O–H groups in total. The zero-order valence-corrected chi connectivity index (χ0v) is 13.3. The van der Waals surface area contributed by atoms with Gasteiger partial charge < -0.3 is 10.2 Å². The van der Waals surface area contributed by atoms with Crippen LogP contribution in [-0.4, -0.2) is 34.9 Å². The fraction of sp³-hybridized carbons (Fsp3) is 0.625. The van der Waals surface area contributed by atoms with Gasteiger partial charge in [0.1, 0.15) is 0 Å². The minimum atomic E-state index is 0.0559. The molecular weight excluding hydrogens is 250 g/mol. The highest BCUT2D eigenvalue weighted by Crippen LogP contribution is 2.18. The molecule has 0 radical (unpaired) electrons. The van der Waals surface area contributed by atoms with E-state index in [4.69, 9.17) is 0 Å². The molecule has 0 spiro atoms. The van der Waals surface area contributed by atoms with Crippen LogP contribution in [0.3, 0.4) is 0 Å². The van der Waals surface area contributed by atoms with E-state index >= 15 is 0 Å². The van der Waals surface area contributed by atoms with E-state index in [1.165, 1.54) is 0 Å². The predicted octanol–water partition coefficient (Wildman–Crippen LogP) is 3.41. The molecule has 0 aliphatic carbocycles. The highest BCUT2D eigenvalue weighted by atomic mass is 16.2. The van der Waals surface area contributed by atoms with E-state index in [9.17, 15) is 4.79 Å². The van der Waals surface area contributed by atoms with Crippen molar-refractivity contribution in [2.75, 3.05) is 18.4 Å². The number of hydrogen-bond donors (Lipinski definition) is 1. The molecule has 0 unspecified atom stereocenters. The van der Waals surface area contributed by atoms with Crippen LogP contribution < -0.4 is 5.32 Å². The monoisotopic (exact) mass is 277 g/mol. The van der Waals surface area contributed by atoms with Crippen molar-refractivity contribution in [1.29, 1.82) is 0 Å². The molecule has 1 aromatic heterocycles. The third kappa shape index (κ3) is 4.51. The Morgan fingerprint density at radius 1 is 1.35 bits per heavy atom. The molecule has 20 heavy (non-hydrogen) atoms. The van der Waals surface area contributed by atoms with Crippen molar-refractivity contribution < 1.29 is 4.79 Å². The first-order valence-electron chi connectivity index (χ1n) is 7.46. The van der Waals surface area contributed by atoms with Gasteiger partial charge in [-0.05, 0) is 32.3 Å². The second kappa shape index (κ2) is 7.88. The van der Waals surface area contributed by atoms with Crippen LogP contribution >= 0.6 is 0 Å². The third-order valence-corrected chi connectivity index (χ3v) is 3.06. The number of nitrogens with zero attached hydrogens (tertiary/aromatic N) is 2. The summed E-state index contributed by atoms with van der Waals surface area (Å²) >= 11 is 0. The number of nitrogens with one attached hydrogen (secondary N) is 1. The van der Waals surface area contributed by atoms with E-state index in [-0.39, 0.29) is 11.9 Å². The smallest absolute Gasteiger partial charge is 0.257 e. The van der Waals surface area contributed by atoms with E-state index in [1.807, 2.05) is 11.0 Å². The Kier molecular flexibility index (Phi) is 6.49. The number of aromatic nitrogens is 1. The third-order valence-electron chi connectivity index (χ3n) is 3.06. The van der Waals surface area contributed by atoms with Crippen molar-refractivity contribution in [3.8, 4) is 0 Å². The fourth-order valence-electron chi connectivity index (χ4n) is 2.06. The number of carbonyl (C=O) groups excluding carboxylic acids is 1. The van der Waals surface area contributed by atoms with Crippen LogP contribution in [0.1, 0.15) is 51.4 Å². The summed E-state index contributed by atoms with van der Waals surface area (Å²) in [5.74, 6) is 0.505. The van der Waals surface area contributed by atoms with Gasteiger partial charge in [0.05, 0.1) is 11.3 Å². The number of hydrogen-bond acceptors (Lipinski definition) is 3. The Balaban J connectivity index is 2.99. The molecule has 0 bridgehead atoms. The largest absolute Gasteiger partial charge is 0.384 e. The van der Waals surface area contributed by atoms with Crippen molar-refractivity contribution in [3.63, 3.8) is 0 Å². The zero-order valence-electron chi connectivity index (χ0n) is 13.3. The lowest BCUT2D eigenvalue weighted by atomic mass is 10.1. The molecule has 0 saturated heterocycles. The van der Waals surface area contributed by atoms with Gasteiger partial charge in [-0.1, -0.05) is 20.8 Å². The SMILES string of the molecule is CCCNc1ccncc1C(=O)N(CC(C)C)C(C)C. The molecule has 0 saturated carbocycles. The van der Waals surface area contributed by atoms with Crippen molar-refractivity contribution in [3.05, 3.63) is 24.0 Å². The lowest BCUT2D eigenvalue weighted by Crippen LogP contribution is -2.39. The van der Waals surface area contributed by atoms with Crippen LogP contribution in [0.5, 0.6) is 0 Å². The Morgan fingerprint density at radius 2 is 2.05 bits per heavy atom. The van der Waals surface area contributed by atoms with E-state index in [0.717, 1.165) is 25.2 Å². The topological polar surface area (TPSA) is 45.2 Å². The van der Waals surface area contributed by atoms with Crippen LogP contribution in [0.4, 0.5) is 5.69 Å². The fourth-order valence-corrected chi connectivity index (χ4v) is 2.06. The normalized spacial score (nSPS) is 10.9. The summed E-state index contributed by atoms with van der Waals surface area (Å²) in [6.45, 7) is 12.1. The quantitative estimate of drug-likeness (QED) is 0.830. The molecule has 1 heterocycles. The molecule has 1 rings (SSSR count). The summed E-state index contributed by atoms with van der Waals surface area (Å²) in [6.07, 6.45) is 4.41. The summed E-state index contributed by atoms with van der Waals surface area (Å²) < 4.78 is 0. The first kappa shape index (κ1) is 16.5. The maximum Gasteiger partial charge on any atom is 0.257 e. The summed E-state index contributed by atoms with van der Waals surface area (Å²) in [4.78, 5) is 18.8. The maximum absolute atomic E-state index is 12.8. The molecule has 0 aliphatic heterocycles. The Labute approximate surface area is 122 Å². The average molecular weight is 277 g/mol. The van der Waals surface area contributed by atoms with Crippen LogP contribution in [-0.2, 0) is 0 Å². The van der Waals surface area contributed by atoms with Crippen molar-refractivity contribution in [2.45, 2.75) is 47.1 Å². The van der Waals surface area contributed by atoms with Crippen molar-refractivity contribution in [2.24, 2.45) is 5.92 Å². The number of carbonyl (C=O) groups is 1. The standard InChI is InChI=1S/C16H27N3O/c1-6-8-18-15-7-9-17-10-14(15)16(20)19(13(4)5)11-12(2)3/h7,9-10,12-13H,6,8,11H2,1-5H3,(H,17,18). The van der Waals surface area contributed by atoms with E-state index in [2.05, 4.69) is 44.9 Å². The minimum Gasteiger partial charge on any atom is -0.384 e. The Morgan fingerprint density at radius 3 is 2.60 bits per heavy atom. The van der Waals surface area contributed by atoms with Crippen LogP contribution in [0.25, 0.3) is 0 Å². The van der Waals surface area contributed by atoms with E-state index < -0.39 is 0 Å². The van der Waals surface area contributed by atoms with Gasteiger partial charge in [0, 0.05) is 31.5 Å². The number of rotatable bonds is 7. The lowest BCUT2D eigenvalue weighted by Gasteiger charge is -2.29. The molecule has 4 heteroatoms. The number of anilines is 1. The molecule has 112 valence electrons. The van der Waals surface area contributed by atoms with Gasteiger partial charge in [-0.3, -0.25) is 9.78 Å². The molecule has 0 atom stereocenters. The first-order chi connectivity index (χ1) is 9.47. The predicted molar refractivity (Wildman–Crippen MR) is 84.0 cm³/mol. The lowest BCUT2D eigenvalue weighted by molar-refractivity contribution is 0.0682. The summed E-state index contributed by atoms with van der Waals surface area (Å²) in [7, 11) is 0. The average Bonchev–Trinajstić information content (AvgIpc) is 2.41. The minimum absolute atomic E-state index is 0.0559. The number of amides is 1. The Bertz CT molecular complexity index is 429. The molecule has 0 aliphatic rings. The molecule has 0 fully saturated rings. The molecular formula is C16H27N3O. The molecule has 1 amide bonds. The highest BCUT2D eigenvalue weighted by Gasteiger charge is 2.22. The molecule has 0 aromatic carbocycles. The first-order valence-corrected chi connectivity index (χ1v) is 7.46. The van der Waals surface area contributed by atoms with Gasteiger partial charge in [0.2, 0.25) is 0 Å². The number of pyridine rings is 1. The summed E-state index contributed by atoms with van der Waals surface area (Å²) in [5, 5.41) is 3.30.